The molecule has 4 atom stereocenters. The molecule has 0 radical (unpaired) electrons. The molecule has 0 unspecified atom stereocenters. The Kier molecular flexibility index (Phi) is 20.7. The lowest BCUT2D eigenvalue weighted by Crippen LogP contribution is -2.51. The zero-order chi connectivity index (χ0) is 23.3. The highest BCUT2D eigenvalue weighted by molar-refractivity contribution is 7.59. The molecular formula is C20H46F2N4O4S4. The lowest BCUT2D eigenvalue weighted by Gasteiger charge is -2.34. The molecule has 0 aromatic heterocycles. The number of hydrogen-bond donors (Lipinski definition) is 2. The first-order valence-corrected chi connectivity index (χ1v) is 10.3. The molecule has 2 fully saturated rings. The number of carbonyl (C=O) groups is 2. The number of alkyl halides is 2. The molecule has 0 spiro atoms. The topological polar surface area (TPSA) is 111 Å². The summed E-state index contributed by atoms with van der Waals surface area (Å²) in [5.74, 6) is 0. The van der Waals surface area contributed by atoms with Crippen molar-refractivity contribution >= 4 is 66.2 Å². The van der Waals surface area contributed by atoms with Crippen molar-refractivity contribution in [1.82, 2.24) is 9.80 Å². The summed E-state index contributed by atoms with van der Waals surface area (Å²) < 4.78 is 36.8. The van der Waals surface area contributed by atoms with Crippen LogP contribution in [0.4, 0.5) is 18.4 Å². The molecule has 2 amide bonds. The fourth-order valence-electron chi connectivity index (χ4n) is 2.83. The number of rotatable bonds is 0. The van der Waals surface area contributed by atoms with Gasteiger partial charge in [0.25, 0.3) is 0 Å². The molecule has 2 saturated heterocycles. The van der Waals surface area contributed by atoms with Crippen molar-refractivity contribution < 1.29 is 27.8 Å². The normalized spacial score (nSPS) is 24.4. The Bertz CT molecular complexity index is 548. The molecule has 8 nitrogen and oxygen atoms in total. The Morgan fingerprint density at radius 1 is 0.706 bits per heavy atom. The monoisotopic (exact) mass is 572 g/mol. The van der Waals surface area contributed by atoms with E-state index in [0.29, 0.717) is 25.9 Å². The second-order valence-corrected chi connectivity index (χ2v) is 9.79. The summed E-state index contributed by atoms with van der Waals surface area (Å²) in [6.45, 7) is 11.7. The van der Waals surface area contributed by atoms with Crippen LogP contribution in [0.1, 0.15) is 54.4 Å². The standard InChI is InChI=1S/2C10H19FN2O2.4H2S/c2*1-10(2,3)15-9(14)13-5-4-8(12)7(11)6-13;;;;/h2*7-8H,4-6,12H2,1-3H3;4*1H2/t2*7-,8-;;;;/m10..../s1. The smallest absolute Gasteiger partial charge is 0.410 e. The van der Waals surface area contributed by atoms with E-state index >= 15 is 0 Å². The lowest BCUT2D eigenvalue weighted by atomic mass is 10.0. The summed E-state index contributed by atoms with van der Waals surface area (Å²) in [6.07, 6.45) is -2.24. The number of likely N-dealkylation sites (tertiary alicyclic amines) is 2. The first-order chi connectivity index (χ1) is 13.6. The van der Waals surface area contributed by atoms with Gasteiger partial charge in [-0.15, -0.1) is 0 Å². The van der Waals surface area contributed by atoms with E-state index in [9.17, 15) is 18.4 Å². The number of amides is 2. The third-order valence-electron chi connectivity index (χ3n) is 4.49. The molecular weight excluding hydrogens is 527 g/mol. The minimum Gasteiger partial charge on any atom is -0.444 e. The summed E-state index contributed by atoms with van der Waals surface area (Å²) in [6, 6.07) is -0.910. The van der Waals surface area contributed by atoms with Gasteiger partial charge in [0.15, 0.2) is 0 Å². The predicted octanol–water partition coefficient (Wildman–Crippen LogP) is 3.04. The number of carbonyl (C=O) groups excluding carboxylic acids is 2. The van der Waals surface area contributed by atoms with Crippen molar-refractivity contribution in [3.63, 3.8) is 0 Å². The fraction of sp³-hybridized carbons (Fsp3) is 0.900. The van der Waals surface area contributed by atoms with E-state index in [1.165, 1.54) is 9.80 Å². The van der Waals surface area contributed by atoms with Gasteiger partial charge in [0.05, 0.1) is 13.1 Å². The van der Waals surface area contributed by atoms with E-state index in [2.05, 4.69) is 0 Å². The van der Waals surface area contributed by atoms with Gasteiger partial charge in [-0.1, -0.05) is 0 Å². The zero-order valence-corrected chi connectivity index (χ0v) is 25.0. The first-order valence-electron chi connectivity index (χ1n) is 10.3. The van der Waals surface area contributed by atoms with Crippen LogP contribution in [-0.4, -0.2) is 83.8 Å². The van der Waals surface area contributed by atoms with Gasteiger partial charge in [-0.3, -0.25) is 0 Å². The summed E-state index contributed by atoms with van der Waals surface area (Å²) in [5.41, 5.74) is 9.95. The SMILES string of the molecule is CC(C)(C)OC(=O)N1CC[C@@H](N)[C@H](F)C1.CC(C)(C)OC(=O)N1CC[C@H](N)[C@@H](F)C1.S.S.S.S. The molecule has 208 valence electrons. The third kappa shape index (κ3) is 15.7. The van der Waals surface area contributed by atoms with Gasteiger partial charge in [0.2, 0.25) is 0 Å². The third-order valence-corrected chi connectivity index (χ3v) is 4.49. The average molecular weight is 573 g/mol. The van der Waals surface area contributed by atoms with Crippen LogP contribution in [0.3, 0.4) is 0 Å². The van der Waals surface area contributed by atoms with E-state index in [-0.39, 0.29) is 67.1 Å². The number of piperidine rings is 2. The highest BCUT2D eigenvalue weighted by Gasteiger charge is 2.32. The highest BCUT2D eigenvalue weighted by atomic mass is 32.1. The number of halogens is 2. The van der Waals surface area contributed by atoms with Crippen molar-refractivity contribution in [2.45, 2.75) is 90.0 Å². The summed E-state index contributed by atoms with van der Waals surface area (Å²) in [4.78, 5) is 25.9. The van der Waals surface area contributed by atoms with Crippen molar-refractivity contribution in [1.29, 1.82) is 0 Å². The summed E-state index contributed by atoms with van der Waals surface area (Å²) in [7, 11) is 0. The van der Waals surface area contributed by atoms with Crippen molar-refractivity contribution in [3.8, 4) is 0 Å². The van der Waals surface area contributed by atoms with E-state index in [1.54, 1.807) is 41.5 Å². The maximum Gasteiger partial charge on any atom is 0.410 e. The Morgan fingerprint density at radius 2 is 0.971 bits per heavy atom. The maximum atomic E-state index is 13.2. The van der Waals surface area contributed by atoms with E-state index in [0.717, 1.165) is 0 Å². The van der Waals surface area contributed by atoms with Crippen LogP contribution in [0, 0.1) is 0 Å². The van der Waals surface area contributed by atoms with E-state index < -0.39 is 47.8 Å². The molecule has 2 aliphatic rings. The molecule has 4 N–H and O–H groups in total. The summed E-state index contributed by atoms with van der Waals surface area (Å²) >= 11 is 0. The zero-order valence-electron chi connectivity index (χ0n) is 21.0. The number of ether oxygens (including phenoxy) is 2. The van der Waals surface area contributed by atoms with Crippen LogP contribution >= 0.6 is 54.0 Å². The molecule has 0 aliphatic carbocycles. The number of nitrogens with two attached hydrogens (primary N) is 2. The van der Waals surface area contributed by atoms with Crippen LogP contribution in [0.15, 0.2) is 0 Å². The fourth-order valence-corrected chi connectivity index (χ4v) is 2.83. The quantitative estimate of drug-likeness (QED) is 0.462. The van der Waals surface area contributed by atoms with Gasteiger partial charge in [0, 0.05) is 25.2 Å². The van der Waals surface area contributed by atoms with Crippen LogP contribution in [0.25, 0.3) is 0 Å². The predicted molar refractivity (Wildman–Crippen MR) is 152 cm³/mol. The molecule has 0 saturated carbocycles. The summed E-state index contributed by atoms with van der Waals surface area (Å²) in [5, 5.41) is 0. The van der Waals surface area contributed by atoms with Crippen LogP contribution in [-0.2, 0) is 9.47 Å². The van der Waals surface area contributed by atoms with Gasteiger partial charge in [-0.05, 0) is 54.4 Å². The minimum absolute atomic E-state index is 0. The highest BCUT2D eigenvalue weighted by Crippen LogP contribution is 2.17. The minimum atomic E-state index is -1.15. The number of hydrogen-bond acceptors (Lipinski definition) is 6. The molecule has 2 aliphatic heterocycles. The molecule has 14 heteroatoms. The van der Waals surface area contributed by atoms with Crippen LogP contribution < -0.4 is 11.5 Å². The lowest BCUT2D eigenvalue weighted by molar-refractivity contribution is 0.0108. The number of nitrogens with zero attached hydrogens (tertiary/aromatic N) is 2. The second-order valence-electron chi connectivity index (χ2n) is 9.79. The molecule has 2 heterocycles. The molecule has 34 heavy (non-hydrogen) atoms. The average Bonchev–Trinajstić information content (AvgIpc) is 2.57. The van der Waals surface area contributed by atoms with Crippen molar-refractivity contribution in [2.24, 2.45) is 11.5 Å². The Balaban J connectivity index is -0.000000237. The van der Waals surface area contributed by atoms with Gasteiger partial charge in [-0.25, -0.2) is 18.4 Å². The van der Waals surface area contributed by atoms with Gasteiger partial charge < -0.3 is 30.7 Å². The maximum absolute atomic E-state index is 13.2. The molecule has 0 aromatic rings. The second kappa shape index (κ2) is 17.2. The van der Waals surface area contributed by atoms with Crippen molar-refractivity contribution in [2.75, 3.05) is 26.2 Å². The van der Waals surface area contributed by atoms with Gasteiger partial charge >= 0.3 is 12.2 Å². The van der Waals surface area contributed by atoms with Gasteiger partial charge in [0.1, 0.15) is 23.5 Å². The Morgan fingerprint density at radius 3 is 1.18 bits per heavy atom. The van der Waals surface area contributed by atoms with Crippen LogP contribution in [0.2, 0.25) is 0 Å². The Hall–Kier alpha value is -0.280. The largest absolute Gasteiger partial charge is 0.444 e. The van der Waals surface area contributed by atoms with Gasteiger partial charge in [-0.2, -0.15) is 54.0 Å². The molecule has 2 rings (SSSR count). The van der Waals surface area contributed by atoms with E-state index in [1.807, 2.05) is 0 Å². The Labute approximate surface area is 231 Å². The van der Waals surface area contributed by atoms with Crippen molar-refractivity contribution in [3.05, 3.63) is 0 Å². The first kappa shape index (κ1) is 40.9. The molecule has 0 aromatic carbocycles. The molecule has 0 bridgehead atoms. The van der Waals surface area contributed by atoms with Crippen LogP contribution in [0.5, 0.6) is 0 Å². The van der Waals surface area contributed by atoms with E-state index in [4.69, 9.17) is 20.9 Å².